The van der Waals surface area contributed by atoms with Crippen molar-refractivity contribution < 1.29 is 13.7 Å². The summed E-state index contributed by atoms with van der Waals surface area (Å²) in [5.74, 6) is 0. The fourth-order valence-corrected chi connectivity index (χ4v) is 4.14. The summed E-state index contributed by atoms with van der Waals surface area (Å²) in [6, 6.07) is 5.22. The highest BCUT2D eigenvalue weighted by Crippen LogP contribution is 2.26. The van der Waals surface area contributed by atoms with Crippen molar-refractivity contribution in [2.45, 2.75) is 39.5 Å². The van der Waals surface area contributed by atoms with E-state index in [1.807, 2.05) is 19.9 Å². The van der Waals surface area contributed by atoms with Crippen molar-refractivity contribution in [3.8, 4) is 11.3 Å². The summed E-state index contributed by atoms with van der Waals surface area (Å²) < 4.78 is 20.2. The molecule has 2 heterocycles. The molecule has 0 aliphatic rings. The summed E-state index contributed by atoms with van der Waals surface area (Å²) in [5, 5.41) is 4.36. The zero-order valence-corrected chi connectivity index (χ0v) is 19.4. The minimum absolute atomic E-state index is 0.102. The monoisotopic (exact) mass is 461 g/mol. The summed E-state index contributed by atoms with van der Waals surface area (Å²) in [6.45, 7) is 4.08. The van der Waals surface area contributed by atoms with Crippen molar-refractivity contribution in [1.29, 1.82) is 0 Å². The van der Waals surface area contributed by atoms with Crippen molar-refractivity contribution in [3.05, 3.63) is 50.8 Å². The molecule has 2 aromatic heterocycles. The Hall–Kier alpha value is -3.21. The fraction of sp³-hybridized carbons (Fsp3) is 0.429. The summed E-state index contributed by atoms with van der Waals surface area (Å²) in [7, 11) is -0.220. The normalized spacial score (nSPS) is 12.1. The molecule has 11 heteroatoms. The van der Waals surface area contributed by atoms with Crippen LogP contribution in [0.25, 0.3) is 22.2 Å². The Labute approximate surface area is 187 Å². The van der Waals surface area contributed by atoms with E-state index < -0.39 is 28.3 Å². The summed E-state index contributed by atoms with van der Waals surface area (Å²) in [5.41, 5.74) is 1.18. The number of aromatic amines is 1. The molecule has 172 valence electrons. The fourth-order valence-electron chi connectivity index (χ4n) is 3.50. The molecule has 0 aliphatic heterocycles. The zero-order valence-electron chi connectivity index (χ0n) is 18.6. The lowest BCUT2D eigenvalue weighted by molar-refractivity contribution is 0.150. The number of unbranched alkanes of at least 4 members (excludes halogenated alkanes) is 2. The predicted octanol–water partition coefficient (Wildman–Crippen LogP) is 2.21. The predicted molar refractivity (Wildman–Crippen MR) is 124 cm³/mol. The first-order valence-corrected chi connectivity index (χ1v) is 11.9. The number of amides is 1. The average Bonchev–Trinajstić information content (AvgIpc) is 3.18. The number of ether oxygens (including phenoxy) is 1. The Bertz CT molecular complexity index is 1280. The number of benzene rings is 1. The molecular formula is C21H27N5O5S. The van der Waals surface area contributed by atoms with E-state index in [-0.39, 0.29) is 12.0 Å². The lowest BCUT2D eigenvalue weighted by atomic mass is 10.00. The van der Waals surface area contributed by atoms with Gasteiger partial charge >= 0.3 is 11.8 Å². The van der Waals surface area contributed by atoms with Gasteiger partial charge in [-0.2, -0.15) is 5.10 Å². The molecule has 10 nitrogen and oxygen atoms in total. The molecule has 0 fully saturated rings. The van der Waals surface area contributed by atoms with Crippen molar-refractivity contribution in [3.63, 3.8) is 0 Å². The van der Waals surface area contributed by atoms with E-state index in [2.05, 4.69) is 10.1 Å². The molecule has 1 unspecified atom stereocenters. The third-order valence-electron chi connectivity index (χ3n) is 5.13. The standard InChI is InChI=1S/C21H27N5O5S/c1-5-7-8-11-31-21(29)26(32(4)30)25-19(27)16-13-15(18-9-10-22-24(18)3)14(6-2)12-17(16)23-20(25)28/h9-10,12-13H,5-8,11H2,1-4H3,(H,23,28). The van der Waals surface area contributed by atoms with Crippen molar-refractivity contribution in [2.24, 2.45) is 7.05 Å². The van der Waals surface area contributed by atoms with Crippen molar-refractivity contribution in [2.75, 3.05) is 17.3 Å². The van der Waals surface area contributed by atoms with Gasteiger partial charge in [-0.25, -0.2) is 13.8 Å². The van der Waals surface area contributed by atoms with E-state index in [1.165, 1.54) is 6.26 Å². The molecule has 3 rings (SSSR count). The second kappa shape index (κ2) is 9.94. The Morgan fingerprint density at radius 1 is 1.25 bits per heavy atom. The highest BCUT2D eigenvalue weighted by Gasteiger charge is 2.26. The number of rotatable bonds is 8. The third kappa shape index (κ3) is 4.52. The minimum Gasteiger partial charge on any atom is -0.447 e. The number of carbonyl (C=O) groups is 1. The molecule has 0 aliphatic carbocycles. The lowest BCUT2D eigenvalue weighted by Gasteiger charge is -2.20. The van der Waals surface area contributed by atoms with Gasteiger partial charge in [-0.15, -0.1) is 9.09 Å². The van der Waals surface area contributed by atoms with Gasteiger partial charge in [0.1, 0.15) is 11.0 Å². The quantitative estimate of drug-likeness (QED) is 0.514. The van der Waals surface area contributed by atoms with Crippen LogP contribution >= 0.6 is 0 Å². The number of H-pyrrole nitrogens is 1. The smallest absolute Gasteiger partial charge is 0.442 e. The highest BCUT2D eigenvalue weighted by molar-refractivity contribution is 7.86. The van der Waals surface area contributed by atoms with Crippen LogP contribution in [0.5, 0.6) is 0 Å². The van der Waals surface area contributed by atoms with Gasteiger partial charge < -0.3 is 9.72 Å². The maximum absolute atomic E-state index is 13.3. The van der Waals surface area contributed by atoms with E-state index in [0.717, 1.165) is 29.7 Å². The lowest BCUT2D eigenvalue weighted by Crippen LogP contribution is -2.54. The van der Waals surface area contributed by atoms with Crippen LogP contribution in [0.2, 0.25) is 0 Å². The summed E-state index contributed by atoms with van der Waals surface area (Å²) in [6.07, 6.45) is 4.91. The Balaban J connectivity index is 2.16. The van der Waals surface area contributed by atoms with E-state index in [0.29, 0.717) is 27.4 Å². The molecule has 0 radical (unpaired) electrons. The van der Waals surface area contributed by atoms with Crippen LogP contribution in [-0.4, -0.2) is 42.6 Å². The van der Waals surface area contributed by atoms with Gasteiger partial charge in [0.25, 0.3) is 5.56 Å². The van der Waals surface area contributed by atoms with E-state index in [4.69, 9.17) is 4.74 Å². The molecule has 0 bridgehead atoms. The van der Waals surface area contributed by atoms with Gasteiger partial charge in [-0.3, -0.25) is 9.48 Å². The van der Waals surface area contributed by atoms with E-state index >= 15 is 0 Å². The first-order chi connectivity index (χ1) is 15.3. The second-order valence-corrected chi connectivity index (χ2v) is 8.51. The first kappa shape index (κ1) is 23.5. The molecule has 1 atom stereocenters. The number of hydrogen-bond acceptors (Lipinski definition) is 6. The number of aryl methyl sites for hydroxylation is 2. The number of nitrogens with one attached hydrogen (secondary N) is 1. The van der Waals surface area contributed by atoms with Gasteiger partial charge in [0, 0.05) is 25.1 Å². The first-order valence-electron chi connectivity index (χ1n) is 10.4. The number of aromatic nitrogens is 4. The third-order valence-corrected chi connectivity index (χ3v) is 5.93. The van der Waals surface area contributed by atoms with Gasteiger partial charge in [0.15, 0.2) is 0 Å². The van der Waals surface area contributed by atoms with Crippen LogP contribution in [-0.2, 0) is 29.2 Å². The zero-order chi connectivity index (χ0) is 23.4. The Kier molecular flexibility index (Phi) is 7.29. The van der Waals surface area contributed by atoms with Gasteiger partial charge in [0.05, 0.1) is 23.2 Å². The Morgan fingerprint density at radius 3 is 2.59 bits per heavy atom. The van der Waals surface area contributed by atoms with Gasteiger partial charge in [-0.1, -0.05) is 26.7 Å². The highest BCUT2D eigenvalue weighted by atomic mass is 32.2. The molecular weight excluding hydrogens is 434 g/mol. The van der Waals surface area contributed by atoms with Gasteiger partial charge in [-0.05, 0) is 36.6 Å². The molecule has 0 saturated heterocycles. The largest absolute Gasteiger partial charge is 0.447 e. The van der Waals surface area contributed by atoms with Crippen LogP contribution in [0.15, 0.2) is 34.0 Å². The van der Waals surface area contributed by atoms with Crippen LogP contribution in [0.4, 0.5) is 4.79 Å². The van der Waals surface area contributed by atoms with Crippen LogP contribution in [0, 0.1) is 0 Å². The minimum atomic E-state index is -2.01. The molecule has 3 aromatic rings. The van der Waals surface area contributed by atoms with E-state index in [1.54, 1.807) is 30.1 Å². The number of hydrogen-bond donors (Lipinski definition) is 1. The van der Waals surface area contributed by atoms with Crippen molar-refractivity contribution >= 4 is 28.0 Å². The summed E-state index contributed by atoms with van der Waals surface area (Å²) >= 11 is 0. The SMILES string of the molecule is CCCCCOC(=O)N(n1c(=O)[nH]c2cc(CC)c(-c3ccnn3C)cc2c1=O)S(C)=O. The topological polar surface area (TPSA) is 119 Å². The maximum atomic E-state index is 13.3. The molecule has 1 amide bonds. The van der Waals surface area contributed by atoms with E-state index in [9.17, 15) is 18.6 Å². The van der Waals surface area contributed by atoms with Crippen LogP contribution < -0.4 is 15.7 Å². The summed E-state index contributed by atoms with van der Waals surface area (Å²) in [4.78, 5) is 41.3. The molecule has 32 heavy (non-hydrogen) atoms. The van der Waals surface area contributed by atoms with Crippen molar-refractivity contribution in [1.82, 2.24) is 19.4 Å². The second-order valence-electron chi connectivity index (χ2n) is 7.31. The number of nitrogens with zero attached hydrogens (tertiary/aromatic N) is 4. The van der Waals surface area contributed by atoms with Crippen LogP contribution in [0.3, 0.4) is 0 Å². The molecule has 0 saturated carbocycles. The van der Waals surface area contributed by atoms with Gasteiger partial charge in [0.2, 0.25) is 0 Å². The molecule has 0 spiro atoms. The average molecular weight is 462 g/mol. The number of fused-ring (bicyclic) bond motifs is 1. The van der Waals surface area contributed by atoms with Crippen LogP contribution in [0.1, 0.15) is 38.7 Å². The Morgan fingerprint density at radius 2 is 2.00 bits per heavy atom. The molecule has 1 N–H and O–H groups in total. The number of carbonyl (C=O) groups excluding carboxylic acids is 1. The maximum Gasteiger partial charge on any atom is 0.442 e. The molecule has 1 aromatic carbocycles.